The predicted molar refractivity (Wildman–Crippen MR) is 136 cm³/mol. The zero-order chi connectivity index (χ0) is 27.7. The highest BCUT2D eigenvalue weighted by Gasteiger charge is 2.44. The number of anilines is 1. The lowest BCUT2D eigenvalue weighted by Crippen LogP contribution is -2.34. The maximum absolute atomic E-state index is 12.2. The molecule has 1 saturated heterocycles. The van der Waals surface area contributed by atoms with E-state index in [9.17, 15) is 24.5 Å². The Kier molecular flexibility index (Phi) is 9.00. The van der Waals surface area contributed by atoms with Gasteiger partial charge in [0.1, 0.15) is 36.1 Å². The minimum atomic E-state index is -4.26. The summed E-state index contributed by atoms with van der Waals surface area (Å²) < 4.78 is 34.4. The number of rotatable bonds is 10. The van der Waals surface area contributed by atoms with Crippen molar-refractivity contribution >= 4 is 42.0 Å². The van der Waals surface area contributed by atoms with Crippen LogP contribution in [0.3, 0.4) is 0 Å². The lowest BCUT2D eigenvalue weighted by molar-refractivity contribution is -0.160. The Bertz CT molecular complexity index is 1180. The number of aliphatic hydroxyl groups is 2. The van der Waals surface area contributed by atoms with Crippen LogP contribution >= 0.6 is 19.2 Å². The SMILES string of the molecule is CC(C)(C)C(=O)OCOP(=O)(O)COCC1O[C@@H](n2ccc3c(NC4CCCC4)nc(Cl)nc32)[C@H](O)[C@@H]1O. The first-order chi connectivity index (χ1) is 17.9. The molecule has 1 aliphatic carbocycles. The molecule has 15 heteroatoms. The number of nitrogens with zero attached hydrogens (tertiary/aromatic N) is 3. The number of fused-ring (bicyclic) bond motifs is 1. The quantitative estimate of drug-likeness (QED) is 0.141. The molecule has 0 aromatic carbocycles. The molecule has 0 spiro atoms. The van der Waals surface area contributed by atoms with Gasteiger partial charge in [0.05, 0.1) is 17.4 Å². The van der Waals surface area contributed by atoms with E-state index in [1.807, 2.05) is 0 Å². The molecule has 2 aromatic rings. The molecular weight excluding hydrogens is 543 g/mol. The van der Waals surface area contributed by atoms with E-state index in [0.717, 1.165) is 25.7 Å². The minimum Gasteiger partial charge on any atom is -0.438 e. The standard InChI is InChI=1S/C23H34ClN4O9P/c1-23(2,3)21(31)35-11-36-38(32,33)12-34-10-15-16(29)17(30)20(37-15)28-9-8-14-18(25-13-6-4-5-7-13)26-22(24)27-19(14)28/h8-9,13,15-17,20,29-30H,4-7,10-12H2,1-3H3,(H,32,33)(H,25,26,27)/t15?,16-,17-,20-/m1/s1. The summed E-state index contributed by atoms with van der Waals surface area (Å²) >= 11 is 6.19. The third-order valence-electron chi connectivity index (χ3n) is 6.45. The van der Waals surface area contributed by atoms with Crippen molar-refractivity contribution < 1.29 is 43.2 Å². The van der Waals surface area contributed by atoms with Crippen LogP contribution in [0.2, 0.25) is 5.28 Å². The van der Waals surface area contributed by atoms with Crippen molar-refractivity contribution in [2.24, 2.45) is 5.41 Å². The number of carbonyl (C=O) groups excluding carboxylic acids is 1. The van der Waals surface area contributed by atoms with Crippen molar-refractivity contribution in [2.75, 3.05) is 25.1 Å². The molecule has 4 N–H and O–H groups in total. The zero-order valence-electron chi connectivity index (χ0n) is 21.4. The fourth-order valence-corrected chi connectivity index (χ4v) is 5.18. The molecule has 2 fully saturated rings. The number of carbonyl (C=O) groups is 1. The fraction of sp³-hybridized carbons (Fsp3) is 0.696. The topological polar surface area (TPSA) is 174 Å². The van der Waals surface area contributed by atoms with Crippen LogP contribution in [0.5, 0.6) is 0 Å². The number of hydrogen-bond donors (Lipinski definition) is 4. The Balaban J connectivity index is 1.36. The van der Waals surface area contributed by atoms with Crippen molar-refractivity contribution in [3.05, 3.63) is 17.5 Å². The summed E-state index contributed by atoms with van der Waals surface area (Å²) in [6, 6.07) is 2.07. The molecule has 4 rings (SSSR count). The van der Waals surface area contributed by atoms with Crippen molar-refractivity contribution in [3.8, 4) is 0 Å². The Morgan fingerprint density at radius 2 is 1.97 bits per heavy atom. The van der Waals surface area contributed by atoms with Crippen LogP contribution in [0.4, 0.5) is 5.82 Å². The first kappa shape index (κ1) is 29.2. The van der Waals surface area contributed by atoms with E-state index < -0.39 is 56.7 Å². The highest BCUT2D eigenvalue weighted by Crippen LogP contribution is 2.42. The van der Waals surface area contributed by atoms with Gasteiger partial charge in [0.15, 0.2) is 6.23 Å². The van der Waals surface area contributed by atoms with Gasteiger partial charge in [-0.1, -0.05) is 12.8 Å². The number of aliphatic hydroxyl groups excluding tert-OH is 2. The number of aromatic nitrogens is 3. The average molecular weight is 577 g/mol. The second-order valence-corrected chi connectivity index (χ2v) is 12.7. The molecule has 0 radical (unpaired) electrons. The van der Waals surface area contributed by atoms with E-state index in [2.05, 4.69) is 15.3 Å². The molecular formula is C23H34ClN4O9P. The van der Waals surface area contributed by atoms with Crippen molar-refractivity contribution in [2.45, 2.75) is 77.0 Å². The third kappa shape index (κ3) is 6.83. The molecule has 3 heterocycles. The van der Waals surface area contributed by atoms with E-state index in [1.165, 1.54) is 0 Å². The number of ether oxygens (including phenoxy) is 3. The van der Waals surface area contributed by atoms with Gasteiger partial charge >= 0.3 is 13.6 Å². The Labute approximate surface area is 224 Å². The van der Waals surface area contributed by atoms with Gasteiger partial charge in [-0.05, 0) is 51.3 Å². The summed E-state index contributed by atoms with van der Waals surface area (Å²) in [6.07, 6.45) is 0.568. The fourth-order valence-electron chi connectivity index (χ4n) is 4.38. The molecule has 2 unspecified atom stereocenters. The van der Waals surface area contributed by atoms with Crippen molar-refractivity contribution in [3.63, 3.8) is 0 Å². The Morgan fingerprint density at radius 1 is 1.26 bits per heavy atom. The van der Waals surface area contributed by atoms with Gasteiger partial charge in [-0.25, -0.2) is 4.98 Å². The molecule has 2 aromatic heterocycles. The lowest BCUT2D eigenvalue weighted by atomic mass is 9.98. The maximum atomic E-state index is 12.2. The molecule has 212 valence electrons. The highest BCUT2D eigenvalue weighted by atomic mass is 35.5. The highest BCUT2D eigenvalue weighted by molar-refractivity contribution is 7.52. The van der Waals surface area contributed by atoms with Gasteiger partial charge in [-0.3, -0.25) is 13.9 Å². The van der Waals surface area contributed by atoms with Crippen LogP contribution < -0.4 is 5.32 Å². The van der Waals surface area contributed by atoms with E-state index in [4.69, 9.17) is 30.3 Å². The van der Waals surface area contributed by atoms with Gasteiger partial charge in [0.2, 0.25) is 12.1 Å². The number of nitrogens with one attached hydrogen (secondary N) is 1. The molecule has 5 atom stereocenters. The summed E-state index contributed by atoms with van der Waals surface area (Å²) in [4.78, 5) is 30.3. The van der Waals surface area contributed by atoms with Crippen LogP contribution in [0.25, 0.3) is 11.0 Å². The molecule has 1 saturated carbocycles. The summed E-state index contributed by atoms with van der Waals surface area (Å²) in [5.41, 5.74) is -0.371. The van der Waals surface area contributed by atoms with Gasteiger partial charge < -0.3 is 39.2 Å². The van der Waals surface area contributed by atoms with Gasteiger partial charge in [0, 0.05) is 12.2 Å². The number of esters is 1. The molecule has 1 aliphatic heterocycles. The second kappa shape index (κ2) is 11.7. The van der Waals surface area contributed by atoms with Gasteiger partial charge in [-0.15, -0.1) is 0 Å². The van der Waals surface area contributed by atoms with E-state index in [-0.39, 0.29) is 11.9 Å². The molecule has 0 bridgehead atoms. The minimum absolute atomic E-state index is 0.0257. The van der Waals surface area contributed by atoms with Crippen molar-refractivity contribution in [1.82, 2.24) is 14.5 Å². The van der Waals surface area contributed by atoms with Crippen molar-refractivity contribution in [1.29, 1.82) is 0 Å². The largest absolute Gasteiger partial charge is 0.438 e. The van der Waals surface area contributed by atoms with E-state index in [0.29, 0.717) is 22.9 Å². The Morgan fingerprint density at radius 3 is 2.66 bits per heavy atom. The number of halogens is 1. The first-order valence-electron chi connectivity index (χ1n) is 12.4. The summed E-state index contributed by atoms with van der Waals surface area (Å²) in [5.74, 6) is -0.00287. The summed E-state index contributed by atoms with van der Waals surface area (Å²) in [7, 11) is -4.26. The normalized spacial score (nSPS) is 26.1. The van der Waals surface area contributed by atoms with Gasteiger partial charge in [0.25, 0.3) is 0 Å². The lowest BCUT2D eigenvalue weighted by Gasteiger charge is -2.19. The van der Waals surface area contributed by atoms with Crippen LogP contribution in [-0.4, -0.2) is 79.7 Å². The Hall–Kier alpha value is -1.83. The molecule has 38 heavy (non-hydrogen) atoms. The van der Waals surface area contributed by atoms with Gasteiger partial charge in [-0.2, -0.15) is 4.98 Å². The molecule has 13 nitrogen and oxygen atoms in total. The molecule has 0 amide bonds. The average Bonchev–Trinajstić information content (AvgIpc) is 3.55. The van der Waals surface area contributed by atoms with Crippen LogP contribution in [0.1, 0.15) is 52.7 Å². The second-order valence-electron chi connectivity index (χ2n) is 10.5. The zero-order valence-corrected chi connectivity index (χ0v) is 23.1. The van der Waals surface area contributed by atoms with E-state index in [1.54, 1.807) is 37.6 Å². The number of hydrogen-bond acceptors (Lipinski definition) is 11. The predicted octanol–water partition coefficient (Wildman–Crippen LogP) is 2.78. The monoisotopic (exact) mass is 576 g/mol. The third-order valence-corrected chi connectivity index (χ3v) is 7.63. The van der Waals surface area contributed by atoms with E-state index >= 15 is 0 Å². The first-order valence-corrected chi connectivity index (χ1v) is 14.5. The summed E-state index contributed by atoms with van der Waals surface area (Å²) in [5, 5.41) is 25.4. The van der Waals surface area contributed by atoms with Crippen LogP contribution in [0, 0.1) is 5.41 Å². The molecule has 2 aliphatic rings. The van der Waals surface area contributed by atoms with Crippen LogP contribution in [-0.2, 0) is 28.1 Å². The maximum Gasteiger partial charge on any atom is 0.356 e. The summed E-state index contributed by atoms with van der Waals surface area (Å²) in [6.45, 7) is 3.88. The van der Waals surface area contributed by atoms with Crippen LogP contribution in [0.15, 0.2) is 12.3 Å². The smallest absolute Gasteiger partial charge is 0.356 e.